The Morgan fingerprint density at radius 2 is 2.00 bits per heavy atom. The number of hydrogen-bond acceptors (Lipinski definition) is 3. The van der Waals surface area contributed by atoms with Gasteiger partial charge in [0.2, 0.25) is 0 Å². The molecule has 2 aromatic rings. The number of benzene rings is 2. The monoisotopic (exact) mass is 350 g/mol. The van der Waals surface area contributed by atoms with Crippen LogP contribution in [0.15, 0.2) is 36.4 Å². The van der Waals surface area contributed by atoms with Crippen molar-refractivity contribution in [2.45, 2.75) is 32.5 Å². The van der Waals surface area contributed by atoms with E-state index >= 15 is 0 Å². The number of halogens is 2. The number of hydrogen-bond donors (Lipinski definition) is 0. The average Bonchev–Trinajstić information content (AvgIpc) is 2.47. The lowest BCUT2D eigenvalue weighted by atomic mass is 9.96. The van der Waals surface area contributed by atoms with Crippen LogP contribution < -0.4 is 9.47 Å². The van der Waals surface area contributed by atoms with E-state index in [0.29, 0.717) is 21.4 Å². The summed E-state index contributed by atoms with van der Waals surface area (Å²) in [5.74, 6) is 1.12. The zero-order chi connectivity index (χ0) is 16.6. The molecule has 120 valence electrons. The van der Waals surface area contributed by atoms with Gasteiger partial charge in [0.1, 0.15) is 17.6 Å². The normalized spacial score (nSPS) is 16.9. The average molecular weight is 351 g/mol. The first-order valence-corrected chi connectivity index (χ1v) is 8.15. The van der Waals surface area contributed by atoms with Crippen LogP contribution in [0.4, 0.5) is 0 Å². The van der Waals surface area contributed by atoms with Crippen molar-refractivity contribution in [3.05, 3.63) is 57.6 Å². The summed E-state index contributed by atoms with van der Waals surface area (Å²) in [6, 6.07) is 10.8. The van der Waals surface area contributed by atoms with Crippen LogP contribution in [0.5, 0.6) is 11.5 Å². The molecule has 3 rings (SSSR count). The fraction of sp³-hybridized carbons (Fsp3) is 0.278. The molecule has 0 spiro atoms. The summed E-state index contributed by atoms with van der Waals surface area (Å²) in [5, 5.41) is 0.775. The van der Waals surface area contributed by atoms with Crippen molar-refractivity contribution >= 4 is 29.0 Å². The third kappa shape index (κ3) is 3.46. The Morgan fingerprint density at radius 3 is 2.74 bits per heavy atom. The molecule has 1 aliphatic rings. The predicted molar refractivity (Wildman–Crippen MR) is 91.0 cm³/mol. The van der Waals surface area contributed by atoms with Crippen LogP contribution in [0, 0.1) is 0 Å². The Kier molecular flexibility index (Phi) is 4.51. The van der Waals surface area contributed by atoms with E-state index in [1.54, 1.807) is 12.1 Å². The molecule has 0 fully saturated rings. The van der Waals surface area contributed by atoms with Crippen LogP contribution in [0.2, 0.25) is 10.0 Å². The van der Waals surface area contributed by atoms with Gasteiger partial charge >= 0.3 is 0 Å². The van der Waals surface area contributed by atoms with E-state index < -0.39 is 0 Å². The molecule has 1 aliphatic heterocycles. The van der Waals surface area contributed by atoms with Gasteiger partial charge in [-0.2, -0.15) is 0 Å². The van der Waals surface area contributed by atoms with Crippen LogP contribution in [0.25, 0.3) is 0 Å². The fourth-order valence-electron chi connectivity index (χ4n) is 2.60. The van der Waals surface area contributed by atoms with Gasteiger partial charge in [-0.3, -0.25) is 4.79 Å². The summed E-state index contributed by atoms with van der Waals surface area (Å²) in [6.45, 7) is 3.93. The van der Waals surface area contributed by atoms with E-state index in [1.807, 2.05) is 38.1 Å². The third-order valence-corrected chi connectivity index (χ3v) is 4.04. The lowest BCUT2D eigenvalue weighted by Crippen LogP contribution is -2.20. The number of ketones is 1. The van der Waals surface area contributed by atoms with E-state index in [9.17, 15) is 4.79 Å². The maximum absolute atomic E-state index is 12.4. The van der Waals surface area contributed by atoms with Crippen molar-refractivity contribution in [3.63, 3.8) is 0 Å². The highest BCUT2D eigenvalue weighted by Gasteiger charge is 2.30. The lowest BCUT2D eigenvalue weighted by molar-refractivity contribution is 0.0849. The summed E-state index contributed by atoms with van der Waals surface area (Å²) in [6.07, 6.45) is -0.0599. The van der Waals surface area contributed by atoms with Gasteiger partial charge in [-0.15, -0.1) is 0 Å². The van der Waals surface area contributed by atoms with Gasteiger partial charge in [0.05, 0.1) is 23.1 Å². The van der Waals surface area contributed by atoms with E-state index in [4.69, 9.17) is 32.7 Å². The predicted octanol–water partition coefficient (Wildman–Crippen LogP) is 5.49. The molecule has 0 saturated carbocycles. The summed E-state index contributed by atoms with van der Waals surface area (Å²) in [5.41, 5.74) is 1.32. The summed E-state index contributed by atoms with van der Waals surface area (Å²) >= 11 is 12.1. The molecule has 0 aromatic heterocycles. The minimum atomic E-state index is -0.385. The standard InChI is InChI=1S/C18H16Cl2O3/c1-10(2)22-13-5-3-4-11(6-13)17-9-16(21)14-7-12(19)8-15(20)18(14)23-17/h3-8,10,17H,9H2,1-2H3/t17-/m0/s1. The van der Waals surface area contributed by atoms with Crippen molar-refractivity contribution in [1.29, 1.82) is 0 Å². The number of carbonyl (C=O) groups excluding carboxylic acids is 1. The molecule has 3 nitrogen and oxygen atoms in total. The molecule has 2 aromatic carbocycles. The van der Waals surface area contributed by atoms with Gasteiger partial charge < -0.3 is 9.47 Å². The second-order valence-electron chi connectivity index (χ2n) is 5.74. The van der Waals surface area contributed by atoms with Crippen molar-refractivity contribution in [2.75, 3.05) is 0 Å². The van der Waals surface area contributed by atoms with Gasteiger partial charge in [-0.05, 0) is 43.7 Å². The van der Waals surface area contributed by atoms with E-state index in [0.717, 1.165) is 11.3 Å². The molecule has 1 heterocycles. The third-order valence-electron chi connectivity index (χ3n) is 3.54. The van der Waals surface area contributed by atoms with Crippen LogP contribution in [-0.4, -0.2) is 11.9 Å². The highest BCUT2D eigenvalue weighted by atomic mass is 35.5. The number of ether oxygens (including phenoxy) is 2. The molecule has 0 bridgehead atoms. The minimum Gasteiger partial charge on any atom is -0.491 e. The lowest BCUT2D eigenvalue weighted by Gasteiger charge is -2.26. The van der Waals surface area contributed by atoms with Gasteiger partial charge in [0, 0.05) is 5.02 Å². The number of rotatable bonds is 3. The molecular weight excluding hydrogens is 335 g/mol. The maximum atomic E-state index is 12.4. The van der Waals surface area contributed by atoms with Crippen LogP contribution in [-0.2, 0) is 0 Å². The van der Waals surface area contributed by atoms with Gasteiger partial charge in [0.25, 0.3) is 0 Å². The molecule has 0 radical (unpaired) electrons. The second kappa shape index (κ2) is 6.42. The Morgan fingerprint density at radius 1 is 1.22 bits per heavy atom. The molecule has 0 unspecified atom stereocenters. The number of Topliss-reactive ketones (excluding diaryl/α,β-unsaturated/α-hetero) is 1. The van der Waals surface area contributed by atoms with Crippen molar-refractivity contribution in [3.8, 4) is 11.5 Å². The Hall–Kier alpha value is -1.71. The Labute approximate surface area is 145 Å². The maximum Gasteiger partial charge on any atom is 0.170 e. The van der Waals surface area contributed by atoms with Crippen LogP contribution >= 0.6 is 23.2 Å². The topological polar surface area (TPSA) is 35.5 Å². The first-order chi connectivity index (χ1) is 10.9. The first-order valence-electron chi connectivity index (χ1n) is 7.39. The van der Waals surface area contributed by atoms with Crippen molar-refractivity contribution in [1.82, 2.24) is 0 Å². The zero-order valence-electron chi connectivity index (χ0n) is 12.8. The van der Waals surface area contributed by atoms with Crippen molar-refractivity contribution in [2.24, 2.45) is 0 Å². The highest BCUT2D eigenvalue weighted by molar-refractivity contribution is 6.36. The minimum absolute atomic E-state index is 0.0316. The molecular formula is C18H16Cl2O3. The van der Waals surface area contributed by atoms with E-state index in [1.165, 1.54) is 0 Å². The Bertz CT molecular complexity index is 756. The molecule has 0 aliphatic carbocycles. The highest BCUT2D eigenvalue weighted by Crippen LogP contribution is 2.41. The largest absolute Gasteiger partial charge is 0.491 e. The molecule has 23 heavy (non-hydrogen) atoms. The SMILES string of the molecule is CC(C)Oc1cccc([C@@H]2CC(=O)c3cc(Cl)cc(Cl)c3O2)c1. The van der Waals surface area contributed by atoms with E-state index in [2.05, 4.69) is 0 Å². The van der Waals surface area contributed by atoms with E-state index in [-0.39, 0.29) is 24.4 Å². The summed E-state index contributed by atoms with van der Waals surface area (Å²) in [7, 11) is 0. The van der Waals surface area contributed by atoms with Gasteiger partial charge in [-0.25, -0.2) is 0 Å². The molecule has 5 heteroatoms. The number of fused-ring (bicyclic) bond motifs is 1. The first kappa shape index (κ1) is 16.2. The fourth-order valence-corrected chi connectivity index (χ4v) is 3.13. The summed E-state index contributed by atoms with van der Waals surface area (Å²) in [4.78, 5) is 12.4. The second-order valence-corrected chi connectivity index (χ2v) is 6.58. The molecule has 0 saturated heterocycles. The zero-order valence-corrected chi connectivity index (χ0v) is 14.3. The van der Waals surface area contributed by atoms with Crippen molar-refractivity contribution < 1.29 is 14.3 Å². The van der Waals surface area contributed by atoms with Crippen LogP contribution in [0.1, 0.15) is 42.3 Å². The Balaban J connectivity index is 1.93. The molecule has 0 N–H and O–H groups in total. The van der Waals surface area contributed by atoms with Gasteiger partial charge in [0.15, 0.2) is 5.78 Å². The molecule has 1 atom stereocenters. The number of carbonyl (C=O) groups is 1. The van der Waals surface area contributed by atoms with Gasteiger partial charge in [-0.1, -0.05) is 35.3 Å². The smallest absolute Gasteiger partial charge is 0.170 e. The quantitative estimate of drug-likeness (QED) is 0.734. The van der Waals surface area contributed by atoms with Crippen LogP contribution in [0.3, 0.4) is 0 Å². The summed E-state index contributed by atoms with van der Waals surface area (Å²) < 4.78 is 11.7. The molecule has 0 amide bonds.